The lowest BCUT2D eigenvalue weighted by atomic mass is 10.0. The number of para-hydroxylation sites is 1. The molecule has 1 aliphatic rings. The summed E-state index contributed by atoms with van der Waals surface area (Å²) in [6.07, 6.45) is 0. The minimum absolute atomic E-state index is 0.109. The normalized spacial score (nSPS) is 15.3. The van der Waals surface area contributed by atoms with Crippen LogP contribution < -0.4 is 10.2 Å². The van der Waals surface area contributed by atoms with Crippen LogP contribution in [0.3, 0.4) is 0 Å². The van der Waals surface area contributed by atoms with Crippen molar-refractivity contribution in [3.8, 4) is 5.69 Å². The highest BCUT2D eigenvalue weighted by Crippen LogP contribution is 2.41. The van der Waals surface area contributed by atoms with Crippen molar-refractivity contribution < 1.29 is 9.59 Å². The molecular weight excluding hydrogens is 480 g/mol. The van der Waals surface area contributed by atoms with Gasteiger partial charge in [-0.15, -0.1) is 0 Å². The fourth-order valence-electron chi connectivity index (χ4n) is 4.78. The van der Waals surface area contributed by atoms with Gasteiger partial charge in [-0.1, -0.05) is 77.5 Å². The van der Waals surface area contributed by atoms with Gasteiger partial charge in [0.15, 0.2) is 0 Å². The molecule has 5 rings (SSSR count). The number of fused-ring (bicyclic) bond motifs is 1. The van der Waals surface area contributed by atoms with Gasteiger partial charge in [0.25, 0.3) is 0 Å². The average Bonchev–Trinajstić information content (AvgIpc) is 3.13. The zero-order valence-electron chi connectivity index (χ0n) is 21.5. The summed E-state index contributed by atoms with van der Waals surface area (Å²) in [5.41, 5.74) is 7.35. The van der Waals surface area contributed by atoms with Crippen LogP contribution in [0.1, 0.15) is 39.6 Å². The van der Waals surface area contributed by atoms with E-state index in [0.717, 1.165) is 49.9 Å². The molecule has 6 nitrogen and oxygen atoms in total. The van der Waals surface area contributed by atoms with Crippen molar-refractivity contribution in [2.75, 3.05) is 10.7 Å². The zero-order chi connectivity index (χ0) is 26.1. The minimum Gasteiger partial charge on any atom is -0.350 e. The van der Waals surface area contributed by atoms with Crippen LogP contribution in [0, 0.1) is 27.7 Å². The van der Waals surface area contributed by atoms with Crippen molar-refractivity contribution in [3.63, 3.8) is 0 Å². The van der Waals surface area contributed by atoms with Gasteiger partial charge >= 0.3 is 0 Å². The van der Waals surface area contributed by atoms with Gasteiger partial charge in [0.1, 0.15) is 11.1 Å². The van der Waals surface area contributed by atoms with Crippen molar-refractivity contribution >= 4 is 29.3 Å². The molecule has 1 unspecified atom stereocenters. The van der Waals surface area contributed by atoms with Crippen LogP contribution >= 0.6 is 11.8 Å². The molecule has 0 saturated carbocycles. The lowest BCUT2D eigenvalue weighted by Crippen LogP contribution is -2.44. The number of aromatic nitrogens is 2. The molecule has 0 spiro atoms. The van der Waals surface area contributed by atoms with Crippen molar-refractivity contribution in [1.82, 2.24) is 15.1 Å². The van der Waals surface area contributed by atoms with E-state index in [1.54, 1.807) is 4.90 Å². The Morgan fingerprint density at radius 1 is 0.973 bits per heavy atom. The molecule has 4 aromatic rings. The highest BCUT2D eigenvalue weighted by molar-refractivity contribution is 8.00. The molecule has 3 aromatic carbocycles. The lowest BCUT2D eigenvalue weighted by Gasteiger charge is -2.31. The Labute approximate surface area is 221 Å². The number of hydrogen-bond acceptors (Lipinski definition) is 4. The fraction of sp³-hybridized carbons (Fsp3) is 0.233. The monoisotopic (exact) mass is 510 g/mol. The van der Waals surface area contributed by atoms with E-state index < -0.39 is 6.04 Å². The Morgan fingerprint density at radius 2 is 1.68 bits per heavy atom. The third-order valence-corrected chi connectivity index (χ3v) is 7.70. The summed E-state index contributed by atoms with van der Waals surface area (Å²) in [5.74, 6) is -0.129. The molecule has 1 aliphatic heterocycles. The predicted octanol–water partition coefficient (Wildman–Crippen LogP) is 5.60. The molecule has 2 heterocycles. The summed E-state index contributed by atoms with van der Waals surface area (Å²) in [7, 11) is 0. The number of nitrogens with one attached hydrogen (secondary N) is 1. The van der Waals surface area contributed by atoms with E-state index in [-0.39, 0.29) is 17.6 Å². The molecule has 188 valence electrons. The molecule has 0 aliphatic carbocycles. The molecule has 0 radical (unpaired) electrons. The van der Waals surface area contributed by atoms with Crippen LogP contribution in [-0.4, -0.2) is 27.3 Å². The van der Waals surface area contributed by atoms with Crippen molar-refractivity contribution in [2.24, 2.45) is 0 Å². The van der Waals surface area contributed by atoms with E-state index in [4.69, 9.17) is 5.10 Å². The zero-order valence-corrected chi connectivity index (χ0v) is 22.3. The smallest absolute Gasteiger partial charge is 0.248 e. The van der Waals surface area contributed by atoms with E-state index in [0.29, 0.717) is 6.54 Å². The number of nitrogens with zero attached hydrogens (tertiary/aromatic N) is 3. The number of carbonyl (C=O) groups is 2. The van der Waals surface area contributed by atoms with Crippen LogP contribution in [0.25, 0.3) is 5.69 Å². The lowest BCUT2D eigenvalue weighted by molar-refractivity contribution is -0.126. The number of carbonyl (C=O) groups excluding carboxylic acids is 2. The first kappa shape index (κ1) is 24.8. The third kappa shape index (κ3) is 4.91. The highest BCUT2D eigenvalue weighted by Gasteiger charge is 2.40. The number of amides is 2. The van der Waals surface area contributed by atoms with Gasteiger partial charge < -0.3 is 5.32 Å². The topological polar surface area (TPSA) is 67.2 Å². The minimum atomic E-state index is -0.846. The molecule has 1 aromatic heterocycles. The maximum atomic E-state index is 14.0. The van der Waals surface area contributed by atoms with E-state index in [9.17, 15) is 9.59 Å². The molecule has 37 heavy (non-hydrogen) atoms. The Morgan fingerprint density at radius 3 is 2.38 bits per heavy atom. The number of benzene rings is 3. The number of thioether (sulfide) groups is 1. The van der Waals surface area contributed by atoms with Gasteiger partial charge in [-0.3, -0.25) is 14.5 Å². The highest BCUT2D eigenvalue weighted by atomic mass is 32.2. The standard InChI is InChI=1S/C30H30N4O2S/c1-19-10-13-23(14-11-19)17-31-29(36)28-27-22(4)32-34(24-8-6-5-7-9-24)30(27)37-18-26(35)33(28)25-15-12-20(2)16-21(25)3/h5-16,28H,17-18H2,1-4H3,(H,31,36). The van der Waals surface area contributed by atoms with Crippen LogP contribution in [0.5, 0.6) is 0 Å². The van der Waals surface area contributed by atoms with Crippen LogP contribution in [0.4, 0.5) is 5.69 Å². The molecular formula is C30H30N4O2S. The molecule has 7 heteroatoms. The van der Waals surface area contributed by atoms with Gasteiger partial charge in [0, 0.05) is 17.8 Å². The summed E-state index contributed by atoms with van der Waals surface area (Å²) in [5, 5.41) is 8.76. The summed E-state index contributed by atoms with van der Waals surface area (Å²) >= 11 is 1.43. The van der Waals surface area contributed by atoms with Crippen LogP contribution in [0.2, 0.25) is 0 Å². The van der Waals surface area contributed by atoms with Crippen molar-refractivity contribution in [3.05, 3.63) is 106 Å². The Balaban J connectivity index is 1.62. The van der Waals surface area contributed by atoms with Crippen LogP contribution in [0.15, 0.2) is 77.8 Å². The van der Waals surface area contributed by atoms with Crippen molar-refractivity contribution in [1.29, 1.82) is 0 Å². The van der Waals surface area contributed by atoms with E-state index in [1.807, 2.05) is 105 Å². The maximum Gasteiger partial charge on any atom is 0.248 e. The quantitative estimate of drug-likeness (QED) is 0.379. The predicted molar refractivity (Wildman–Crippen MR) is 148 cm³/mol. The summed E-state index contributed by atoms with van der Waals surface area (Å²) in [4.78, 5) is 29.4. The van der Waals surface area contributed by atoms with Gasteiger partial charge in [0.2, 0.25) is 11.8 Å². The summed E-state index contributed by atoms with van der Waals surface area (Å²) in [6.45, 7) is 8.33. The number of hydrogen-bond donors (Lipinski definition) is 1. The fourth-order valence-corrected chi connectivity index (χ4v) is 5.86. The molecule has 0 fully saturated rings. The maximum absolute atomic E-state index is 14.0. The molecule has 0 saturated heterocycles. The Hall–Kier alpha value is -3.84. The first-order valence-electron chi connectivity index (χ1n) is 12.3. The molecule has 1 N–H and O–H groups in total. The first-order valence-corrected chi connectivity index (χ1v) is 13.3. The number of anilines is 1. The van der Waals surface area contributed by atoms with Gasteiger partial charge in [0.05, 0.1) is 17.1 Å². The third-order valence-electron chi connectivity index (χ3n) is 6.64. The second-order valence-corrected chi connectivity index (χ2v) is 10.5. The SMILES string of the molecule is Cc1ccc(CNC(=O)C2c3c(C)nn(-c4ccccc4)c3SCC(=O)N2c2ccc(C)cc2C)cc1. The number of rotatable bonds is 5. The van der Waals surface area contributed by atoms with Gasteiger partial charge in [-0.2, -0.15) is 5.10 Å². The molecule has 1 atom stereocenters. The largest absolute Gasteiger partial charge is 0.350 e. The van der Waals surface area contributed by atoms with Gasteiger partial charge in [-0.05, 0) is 57.0 Å². The second kappa shape index (κ2) is 10.3. The average molecular weight is 511 g/mol. The Kier molecular flexibility index (Phi) is 6.89. The Bertz CT molecular complexity index is 1460. The molecule has 0 bridgehead atoms. The molecule has 2 amide bonds. The van der Waals surface area contributed by atoms with E-state index >= 15 is 0 Å². The van der Waals surface area contributed by atoms with Crippen LogP contribution in [-0.2, 0) is 16.1 Å². The summed E-state index contributed by atoms with van der Waals surface area (Å²) < 4.78 is 1.86. The van der Waals surface area contributed by atoms with E-state index in [2.05, 4.69) is 5.32 Å². The second-order valence-electron chi connectivity index (χ2n) is 9.50. The first-order chi connectivity index (χ1) is 17.8. The van der Waals surface area contributed by atoms with E-state index in [1.165, 1.54) is 11.8 Å². The van der Waals surface area contributed by atoms with Crippen molar-refractivity contribution in [2.45, 2.75) is 45.3 Å². The number of aryl methyl sites for hydroxylation is 4. The van der Waals surface area contributed by atoms with Gasteiger partial charge in [-0.25, -0.2) is 4.68 Å². The summed E-state index contributed by atoms with van der Waals surface area (Å²) in [6, 6.07) is 23.0.